The fraction of sp³-hybridized carbons (Fsp3) is 0.421. The highest BCUT2D eigenvalue weighted by atomic mass is 16.2. The number of H-pyrrole nitrogens is 2. The average Bonchev–Trinajstić information content (AvgIpc) is 3.28. The Morgan fingerprint density at radius 3 is 2.58 bits per heavy atom. The molecular formula is C19H22N4O3. The van der Waals surface area contributed by atoms with Crippen LogP contribution in [0.2, 0.25) is 0 Å². The summed E-state index contributed by atoms with van der Waals surface area (Å²) in [6.07, 6.45) is 1.42. The highest BCUT2D eigenvalue weighted by Gasteiger charge is 2.49. The van der Waals surface area contributed by atoms with Crippen molar-refractivity contribution >= 4 is 11.8 Å². The minimum absolute atomic E-state index is 0.0122. The van der Waals surface area contributed by atoms with Gasteiger partial charge in [0.1, 0.15) is 5.69 Å². The molecule has 0 radical (unpaired) electrons. The second-order valence-electron chi connectivity index (χ2n) is 7.26. The molecule has 4 rings (SSSR count). The van der Waals surface area contributed by atoms with E-state index in [1.54, 1.807) is 11.8 Å². The SMILES string of the molecule is CC(=O)N1C[C@H]2CN(C(=O)c3c[nH]c(=O)[nH]3)C[C@H]2[C@@H]1c1ccccc1C. The molecule has 2 aromatic rings. The molecule has 1 aromatic heterocycles. The van der Waals surface area contributed by atoms with Crippen LogP contribution in [0.5, 0.6) is 0 Å². The van der Waals surface area contributed by atoms with E-state index in [9.17, 15) is 14.4 Å². The van der Waals surface area contributed by atoms with Crippen molar-refractivity contribution in [3.8, 4) is 0 Å². The summed E-state index contributed by atoms with van der Waals surface area (Å²) < 4.78 is 0. The molecule has 3 heterocycles. The van der Waals surface area contributed by atoms with E-state index in [0.717, 1.165) is 11.1 Å². The molecule has 136 valence electrons. The van der Waals surface area contributed by atoms with Crippen LogP contribution in [0.4, 0.5) is 0 Å². The van der Waals surface area contributed by atoms with Crippen LogP contribution in [0.3, 0.4) is 0 Å². The number of carbonyl (C=O) groups excluding carboxylic acids is 2. The quantitative estimate of drug-likeness (QED) is 0.852. The lowest BCUT2D eigenvalue weighted by Gasteiger charge is -2.30. The van der Waals surface area contributed by atoms with Crippen molar-refractivity contribution in [1.82, 2.24) is 19.8 Å². The standard InChI is InChI=1S/C19H22N4O3/c1-11-5-3-4-6-14(11)17-15-10-22(8-13(15)9-23(17)12(2)24)18(25)16-7-20-19(26)21-16/h3-7,13,15,17H,8-10H2,1-2H3,(H2,20,21,26)/t13-,15-,17+/m1/s1. The van der Waals surface area contributed by atoms with Crippen molar-refractivity contribution in [3.05, 3.63) is 57.8 Å². The fourth-order valence-electron chi connectivity index (χ4n) is 4.47. The highest BCUT2D eigenvalue weighted by molar-refractivity contribution is 5.92. The number of carbonyl (C=O) groups is 2. The molecule has 2 amide bonds. The van der Waals surface area contributed by atoms with E-state index >= 15 is 0 Å². The van der Waals surface area contributed by atoms with Crippen LogP contribution in [0.1, 0.15) is 34.6 Å². The second kappa shape index (κ2) is 6.16. The summed E-state index contributed by atoms with van der Waals surface area (Å²) in [6.45, 7) is 5.51. The Morgan fingerprint density at radius 1 is 1.15 bits per heavy atom. The highest BCUT2D eigenvalue weighted by Crippen LogP contribution is 2.45. The Bertz CT molecular complexity index is 915. The van der Waals surface area contributed by atoms with Crippen LogP contribution < -0.4 is 5.69 Å². The third-order valence-electron chi connectivity index (χ3n) is 5.69. The first-order valence-corrected chi connectivity index (χ1v) is 8.85. The van der Waals surface area contributed by atoms with Gasteiger partial charge < -0.3 is 19.8 Å². The van der Waals surface area contributed by atoms with Gasteiger partial charge in [-0.2, -0.15) is 0 Å². The van der Waals surface area contributed by atoms with E-state index in [2.05, 4.69) is 29.0 Å². The average molecular weight is 354 g/mol. The third kappa shape index (κ3) is 2.64. The Morgan fingerprint density at radius 2 is 1.92 bits per heavy atom. The molecule has 0 bridgehead atoms. The first kappa shape index (κ1) is 16.6. The number of aromatic amines is 2. The van der Waals surface area contributed by atoms with Gasteiger partial charge in [0, 0.05) is 44.6 Å². The molecule has 7 nitrogen and oxygen atoms in total. The number of aromatic nitrogens is 2. The fourth-order valence-corrected chi connectivity index (χ4v) is 4.47. The summed E-state index contributed by atoms with van der Waals surface area (Å²) in [4.78, 5) is 44.9. The molecule has 0 aliphatic carbocycles. The molecule has 1 aromatic carbocycles. The number of rotatable bonds is 2. The van der Waals surface area contributed by atoms with E-state index in [1.165, 1.54) is 6.20 Å². The Hall–Kier alpha value is -2.83. The topological polar surface area (TPSA) is 89.3 Å². The predicted molar refractivity (Wildman–Crippen MR) is 95.6 cm³/mol. The number of amides is 2. The van der Waals surface area contributed by atoms with Crippen LogP contribution in [-0.4, -0.2) is 51.2 Å². The molecular weight excluding hydrogens is 332 g/mol. The van der Waals surface area contributed by atoms with Crippen molar-refractivity contribution in [2.45, 2.75) is 19.9 Å². The van der Waals surface area contributed by atoms with Gasteiger partial charge in [0.05, 0.1) is 6.04 Å². The van der Waals surface area contributed by atoms with Crippen LogP contribution in [0.25, 0.3) is 0 Å². The zero-order chi connectivity index (χ0) is 18.4. The van der Waals surface area contributed by atoms with Crippen LogP contribution in [-0.2, 0) is 4.79 Å². The monoisotopic (exact) mass is 354 g/mol. The molecule has 3 atom stereocenters. The van der Waals surface area contributed by atoms with Gasteiger partial charge in [-0.15, -0.1) is 0 Å². The minimum Gasteiger partial charge on any atom is -0.337 e. The van der Waals surface area contributed by atoms with Crippen molar-refractivity contribution < 1.29 is 9.59 Å². The molecule has 2 aliphatic heterocycles. The number of aryl methyl sites for hydroxylation is 1. The lowest BCUT2D eigenvalue weighted by Crippen LogP contribution is -2.36. The lowest BCUT2D eigenvalue weighted by atomic mass is 9.87. The lowest BCUT2D eigenvalue weighted by molar-refractivity contribution is -0.130. The smallest absolute Gasteiger partial charge is 0.323 e. The first-order valence-electron chi connectivity index (χ1n) is 8.85. The van der Waals surface area contributed by atoms with Crippen LogP contribution in [0, 0.1) is 18.8 Å². The van der Waals surface area contributed by atoms with E-state index < -0.39 is 0 Å². The van der Waals surface area contributed by atoms with E-state index in [1.807, 2.05) is 17.0 Å². The number of imidazole rings is 1. The van der Waals surface area contributed by atoms with Gasteiger partial charge in [0.15, 0.2) is 0 Å². The number of hydrogen-bond acceptors (Lipinski definition) is 3. The largest absolute Gasteiger partial charge is 0.337 e. The number of hydrogen-bond donors (Lipinski definition) is 2. The summed E-state index contributed by atoms with van der Waals surface area (Å²) in [5, 5.41) is 0. The number of fused-ring (bicyclic) bond motifs is 1. The molecule has 2 N–H and O–H groups in total. The zero-order valence-electron chi connectivity index (χ0n) is 14.9. The van der Waals surface area contributed by atoms with Crippen LogP contribution >= 0.6 is 0 Å². The maximum absolute atomic E-state index is 12.7. The summed E-state index contributed by atoms with van der Waals surface area (Å²) in [7, 11) is 0. The minimum atomic E-state index is -0.381. The number of likely N-dealkylation sites (tertiary alicyclic amines) is 2. The van der Waals surface area contributed by atoms with Gasteiger partial charge in [0.25, 0.3) is 5.91 Å². The summed E-state index contributed by atoms with van der Waals surface area (Å²) in [5.74, 6) is 0.351. The van der Waals surface area contributed by atoms with Gasteiger partial charge >= 0.3 is 5.69 Å². The number of nitrogens with one attached hydrogen (secondary N) is 2. The molecule has 0 unspecified atom stereocenters. The first-order chi connectivity index (χ1) is 12.5. The summed E-state index contributed by atoms with van der Waals surface area (Å²) >= 11 is 0. The van der Waals surface area contributed by atoms with E-state index in [4.69, 9.17) is 0 Å². The van der Waals surface area contributed by atoms with E-state index in [-0.39, 0.29) is 41.1 Å². The molecule has 0 spiro atoms. The van der Waals surface area contributed by atoms with Crippen LogP contribution in [0.15, 0.2) is 35.3 Å². The Kier molecular flexibility index (Phi) is 3.94. The molecule has 0 saturated carbocycles. The molecule has 26 heavy (non-hydrogen) atoms. The maximum Gasteiger partial charge on any atom is 0.323 e. The van der Waals surface area contributed by atoms with Crippen molar-refractivity contribution in [2.24, 2.45) is 11.8 Å². The summed E-state index contributed by atoms with van der Waals surface area (Å²) in [5.41, 5.74) is 2.21. The number of benzene rings is 1. The van der Waals surface area contributed by atoms with Gasteiger partial charge in [-0.3, -0.25) is 9.59 Å². The molecule has 2 saturated heterocycles. The van der Waals surface area contributed by atoms with Crippen molar-refractivity contribution in [2.75, 3.05) is 19.6 Å². The molecule has 2 aliphatic rings. The number of nitrogens with zero attached hydrogens (tertiary/aromatic N) is 2. The molecule has 7 heteroatoms. The summed E-state index contributed by atoms with van der Waals surface area (Å²) in [6, 6.07) is 8.12. The van der Waals surface area contributed by atoms with Gasteiger partial charge in [-0.25, -0.2) is 4.79 Å². The van der Waals surface area contributed by atoms with Gasteiger partial charge in [-0.05, 0) is 18.1 Å². The third-order valence-corrected chi connectivity index (χ3v) is 5.69. The van der Waals surface area contributed by atoms with Gasteiger partial charge in [0.2, 0.25) is 5.91 Å². The molecule has 2 fully saturated rings. The van der Waals surface area contributed by atoms with E-state index in [0.29, 0.717) is 19.6 Å². The predicted octanol–water partition coefficient (Wildman–Crippen LogP) is 1.30. The normalized spacial score (nSPS) is 24.8. The Balaban J connectivity index is 1.62. The van der Waals surface area contributed by atoms with Crippen molar-refractivity contribution in [1.29, 1.82) is 0 Å². The van der Waals surface area contributed by atoms with Gasteiger partial charge in [-0.1, -0.05) is 24.3 Å². The van der Waals surface area contributed by atoms with Crippen molar-refractivity contribution in [3.63, 3.8) is 0 Å². The Labute approximate surface area is 151 Å². The zero-order valence-corrected chi connectivity index (χ0v) is 14.9. The second-order valence-corrected chi connectivity index (χ2v) is 7.26. The maximum atomic E-state index is 12.7.